The SMILES string of the molecule is CCNc1cc[c]cc1S(=O)(=O)O. The molecule has 0 heterocycles. The molecule has 0 unspecified atom stereocenters. The highest BCUT2D eigenvalue weighted by atomic mass is 32.2. The fourth-order valence-electron chi connectivity index (χ4n) is 0.965. The zero-order chi connectivity index (χ0) is 9.90. The molecule has 4 nitrogen and oxygen atoms in total. The van der Waals surface area contributed by atoms with Crippen LogP contribution >= 0.6 is 0 Å². The zero-order valence-electron chi connectivity index (χ0n) is 7.11. The number of hydrogen-bond donors (Lipinski definition) is 2. The van der Waals surface area contributed by atoms with Gasteiger partial charge in [-0.3, -0.25) is 4.55 Å². The summed E-state index contributed by atoms with van der Waals surface area (Å²) in [6, 6.07) is 6.94. The van der Waals surface area contributed by atoms with Crippen LogP contribution in [0.2, 0.25) is 0 Å². The van der Waals surface area contributed by atoms with E-state index in [0.717, 1.165) is 0 Å². The Morgan fingerprint density at radius 3 is 2.85 bits per heavy atom. The predicted molar refractivity (Wildman–Crippen MR) is 49.3 cm³/mol. The van der Waals surface area contributed by atoms with Gasteiger partial charge in [0.15, 0.2) is 0 Å². The van der Waals surface area contributed by atoms with E-state index in [1.54, 1.807) is 12.1 Å². The van der Waals surface area contributed by atoms with Gasteiger partial charge < -0.3 is 5.32 Å². The summed E-state index contributed by atoms with van der Waals surface area (Å²) >= 11 is 0. The summed E-state index contributed by atoms with van der Waals surface area (Å²) in [7, 11) is -4.15. The first-order valence-corrected chi connectivity index (χ1v) is 5.21. The molecule has 1 aromatic rings. The molecule has 0 saturated heterocycles. The molecule has 0 amide bonds. The molecule has 0 saturated carbocycles. The molecule has 0 bridgehead atoms. The first-order valence-electron chi connectivity index (χ1n) is 3.77. The summed E-state index contributed by atoms with van der Waals surface area (Å²) in [5.74, 6) is 0. The fourth-order valence-corrected chi connectivity index (χ4v) is 1.60. The van der Waals surface area contributed by atoms with E-state index in [1.807, 2.05) is 6.92 Å². The smallest absolute Gasteiger partial charge is 0.296 e. The highest BCUT2D eigenvalue weighted by Crippen LogP contribution is 2.19. The van der Waals surface area contributed by atoms with E-state index in [-0.39, 0.29) is 4.90 Å². The molecule has 5 heteroatoms. The highest BCUT2D eigenvalue weighted by molar-refractivity contribution is 7.86. The average Bonchev–Trinajstić information content (AvgIpc) is 2.04. The van der Waals surface area contributed by atoms with Crippen LogP contribution in [0.1, 0.15) is 6.92 Å². The third-order valence-corrected chi connectivity index (χ3v) is 2.36. The molecule has 1 aromatic carbocycles. The van der Waals surface area contributed by atoms with Crippen LogP contribution < -0.4 is 5.32 Å². The largest absolute Gasteiger partial charge is 0.384 e. The molecule has 13 heavy (non-hydrogen) atoms. The van der Waals surface area contributed by atoms with Crippen molar-refractivity contribution in [1.29, 1.82) is 0 Å². The van der Waals surface area contributed by atoms with Crippen molar-refractivity contribution >= 4 is 15.8 Å². The Kier molecular flexibility index (Phi) is 2.90. The van der Waals surface area contributed by atoms with Gasteiger partial charge in [0, 0.05) is 6.54 Å². The van der Waals surface area contributed by atoms with Crippen LogP contribution in [0.4, 0.5) is 5.69 Å². The lowest BCUT2D eigenvalue weighted by Crippen LogP contribution is -2.05. The average molecular weight is 200 g/mol. The molecule has 71 valence electrons. The molecule has 0 aliphatic rings. The second kappa shape index (κ2) is 3.76. The van der Waals surface area contributed by atoms with Crippen LogP contribution in [0.25, 0.3) is 0 Å². The maximum absolute atomic E-state index is 10.8. The lowest BCUT2D eigenvalue weighted by molar-refractivity contribution is 0.483. The molecular weight excluding hydrogens is 190 g/mol. The van der Waals surface area contributed by atoms with Gasteiger partial charge in [-0.05, 0) is 25.1 Å². The van der Waals surface area contributed by atoms with Gasteiger partial charge in [0.2, 0.25) is 0 Å². The van der Waals surface area contributed by atoms with Crippen LogP contribution in [-0.2, 0) is 10.1 Å². The number of hydrogen-bond acceptors (Lipinski definition) is 3. The van der Waals surface area contributed by atoms with Gasteiger partial charge in [0.05, 0.1) is 5.69 Å². The monoisotopic (exact) mass is 200 g/mol. The Hall–Kier alpha value is -1.07. The van der Waals surface area contributed by atoms with Crippen molar-refractivity contribution in [1.82, 2.24) is 0 Å². The maximum atomic E-state index is 10.8. The normalized spacial score (nSPS) is 11.2. The third-order valence-electron chi connectivity index (χ3n) is 1.47. The minimum atomic E-state index is -4.15. The number of anilines is 1. The molecule has 0 atom stereocenters. The fraction of sp³-hybridized carbons (Fsp3) is 0.250. The highest BCUT2D eigenvalue weighted by Gasteiger charge is 2.13. The molecule has 0 fully saturated rings. The Morgan fingerprint density at radius 1 is 1.62 bits per heavy atom. The topological polar surface area (TPSA) is 66.4 Å². The van der Waals surface area contributed by atoms with Crippen molar-refractivity contribution in [2.75, 3.05) is 11.9 Å². The Balaban J connectivity index is 3.20. The minimum Gasteiger partial charge on any atom is -0.384 e. The van der Waals surface area contributed by atoms with Gasteiger partial charge in [0.1, 0.15) is 4.90 Å². The second-order valence-electron chi connectivity index (χ2n) is 2.43. The van der Waals surface area contributed by atoms with Gasteiger partial charge in [0.25, 0.3) is 10.1 Å². The lowest BCUT2D eigenvalue weighted by atomic mass is 10.3. The van der Waals surface area contributed by atoms with Gasteiger partial charge in [-0.1, -0.05) is 6.07 Å². The van der Waals surface area contributed by atoms with Crippen molar-refractivity contribution in [3.63, 3.8) is 0 Å². The second-order valence-corrected chi connectivity index (χ2v) is 3.82. The van der Waals surface area contributed by atoms with E-state index in [9.17, 15) is 8.42 Å². The molecule has 1 rings (SSSR count). The Morgan fingerprint density at radius 2 is 2.31 bits per heavy atom. The Labute approximate surface area is 77.3 Å². The van der Waals surface area contributed by atoms with Crippen LogP contribution in [0, 0.1) is 6.07 Å². The first kappa shape index (κ1) is 10.0. The van der Waals surface area contributed by atoms with E-state index in [2.05, 4.69) is 11.4 Å². The summed E-state index contributed by atoms with van der Waals surface area (Å²) in [6.07, 6.45) is 0. The molecule has 1 radical (unpaired) electrons. The summed E-state index contributed by atoms with van der Waals surface area (Å²) in [5, 5.41) is 2.82. The maximum Gasteiger partial charge on any atom is 0.296 e. The van der Waals surface area contributed by atoms with Crippen molar-refractivity contribution in [3.05, 3.63) is 24.3 Å². The molecular formula is C8H10NO3S. The van der Waals surface area contributed by atoms with Crippen LogP contribution in [0.5, 0.6) is 0 Å². The first-order chi connectivity index (χ1) is 6.05. The van der Waals surface area contributed by atoms with E-state index in [0.29, 0.717) is 12.2 Å². The molecule has 0 spiro atoms. The summed E-state index contributed by atoms with van der Waals surface area (Å²) in [6.45, 7) is 2.43. The standard InChI is InChI=1S/C8H10NO3S/c1-2-9-7-5-3-4-6-8(7)13(10,11)12/h3,5-6,9H,2H2,1H3,(H,10,11,12). The van der Waals surface area contributed by atoms with E-state index < -0.39 is 10.1 Å². The van der Waals surface area contributed by atoms with Crippen molar-refractivity contribution in [2.24, 2.45) is 0 Å². The van der Waals surface area contributed by atoms with Gasteiger partial charge >= 0.3 is 0 Å². The minimum absolute atomic E-state index is 0.142. The van der Waals surface area contributed by atoms with Gasteiger partial charge in [-0.15, -0.1) is 0 Å². The molecule has 0 aromatic heterocycles. The van der Waals surface area contributed by atoms with Crippen molar-refractivity contribution in [2.45, 2.75) is 11.8 Å². The van der Waals surface area contributed by atoms with E-state index >= 15 is 0 Å². The van der Waals surface area contributed by atoms with Gasteiger partial charge in [-0.25, -0.2) is 0 Å². The summed E-state index contributed by atoms with van der Waals surface area (Å²) < 4.78 is 30.5. The molecule has 0 aliphatic carbocycles. The van der Waals surface area contributed by atoms with Crippen LogP contribution in [-0.4, -0.2) is 19.5 Å². The van der Waals surface area contributed by atoms with Crippen molar-refractivity contribution in [3.8, 4) is 0 Å². The Bertz CT molecular complexity index is 386. The van der Waals surface area contributed by atoms with Crippen molar-refractivity contribution < 1.29 is 13.0 Å². The van der Waals surface area contributed by atoms with Crippen LogP contribution in [0.15, 0.2) is 23.1 Å². The molecule has 2 N–H and O–H groups in total. The van der Waals surface area contributed by atoms with E-state index in [4.69, 9.17) is 4.55 Å². The number of benzene rings is 1. The number of rotatable bonds is 3. The number of nitrogens with one attached hydrogen (secondary N) is 1. The summed E-state index contributed by atoms with van der Waals surface area (Å²) in [5.41, 5.74) is 0.392. The predicted octanol–water partition coefficient (Wildman–Crippen LogP) is 1.17. The zero-order valence-corrected chi connectivity index (χ0v) is 7.93. The quantitative estimate of drug-likeness (QED) is 0.719. The third kappa shape index (κ3) is 2.43. The van der Waals surface area contributed by atoms with Gasteiger partial charge in [-0.2, -0.15) is 8.42 Å². The summed E-state index contributed by atoms with van der Waals surface area (Å²) in [4.78, 5) is -0.142. The van der Waals surface area contributed by atoms with E-state index in [1.165, 1.54) is 6.07 Å². The van der Waals surface area contributed by atoms with Crippen LogP contribution in [0.3, 0.4) is 0 Å². The lowest BCUT2D eigenvalue weighted by Gasteiger charge is -2.06. The molecule has 0 aliphatic heterocycles.